The molecule has 1 amide bonds. The molecule has 1 atom stereocenters. The third-order valence-electron chi connectivity index (χ3n) is 6.60. The minimum Gasteiger partial charge on any atom is -0.312 e. The Balaban J connectivity index is 1.33. The van der Waals surface area contributed by atoms with Crippen LogP contribution in [0.15, 0.2) is 72.8 Å². The molecule has 1 saturated heterocycles. The van der Waals surface area contributed by atoms with E-state index in [0.29, 0.717) is 47.8 Å². The fourth-order valence-electron chi connectivity index (χ4n) is 4.75. The number of Topliss-reactive ketones (excluding diaryl/α,β-unsaturated/α-hetero) is 1. The summed E-state index contributed by atoms with van der Waals surface area (Å²) in [5.41, 5.74) is 1.67. The Bertz CT molecular complexity index is 1450. The summed E-state index contributed by atoms with van der Waals surface area (Å²) >= 11 is 0. The number of ketones is 1. The molecule has 9 heteroatoms. The highest BCUT2D eigenvalue weighted by Crippen LogP contribution is 2.28. The molecule has 38 heavy (non-hydrogen) atoms. The molecule has 0 saturated carbocycles. The Morgan fingerprint density at radius 2 is 1.58 bits per heavy atom. The summed E-state index contributed by atoms with van der Waals surface area (Å²) in [6, 6.07) is 17.4. The van der Waals surface area contributed by atoms with Crippen LogP contribution in [0.4, 0.5) is 18.9 Å². The first kappa shape index (κ1) is 25.4. The van der Waals surface area contributed by atoms with Crippen LogP contribution in [0.25, 0.3) is 22.8 Å². The summed E-state index contributed by atoms with van der Waals surface area (Å²) in [6.07, 6.45) is 1.74. The molecule has 6 nitrogen and oxygen atoms in total. The van der Waals surface area contributed by atoms with Crippen molar-refractivity contribution in [3.63, 3.8) is 0 Å². The first-order valence-electron chi connectivity index (χ1n) is 12.4. The Kier molecular flexibility index (Phi) is 7.35. The van der Waals surface area contributed by atoms with E-state index in [2.05, 4.69) is 10.1 Å². The summed E-state index contributed by atoms with van der Waals surface area (Å²) in [6.45, 7) is 0.380. The van der Waals surface area contributed by atoms with Crippen LogP contribution in [0.2, 0.25) is 0 Å². The normalized spacial score (nSPS) is 15.9. The summed E-state index contributed by atoms with van der Waals surface area (Å²) in [5, 5.41) is 4.49. The van der Waals surface area contributed by atoms with Crippen LogP contribution in [0.5, 0.6) is 0 Å². The molecule has 194 valence electrons. The van der Waals surface area contributed by atoms with Gasteiger partial charge in [-0.15, -0.1) is 5.10 Å². The summed E-state index contributed by atoms with van der Waals surface area (Å²) < 4.78 is 42.1. The van der Waals surface area contributed by atoms with Gasteiger partial charge in [0.05, 0.1) is 0 Å². The van der Waals surface area contributed by atoms with Gasteiger partial charge in [-0.1, -0.05) is 6.07 Å². The highest BCUT2D eigenvalue weighted by Gasteiger charge is 2.27. The molecule has 0 bridgehead atoms. The minimum atomic E-state index is -0.406. The van der Waals surface area contributed by atoms with Gasteiger partial charge < -0.3 is 4.90 Å². The van der Waals surface area contributed by atoms with Crippen molar-refractivity contribution in [1.82, 2.24) is 14.8 Å². The van der Waals surface area contributed by atoms with Gasteiger partial charge in [0.15, 0.2) is 17.4 Å². The summed E-state index contributed by atoms with van der Waals surface area (Å²) in [7, 11) is 0. The fourth-order valence-corrected chi connectivity index (χ4v) is 4.75. The van der Waals surface area contributed by atoms with Crippen LogP contribution in [0.3, 0.4) is 0 Å². The van der Waals surface area contributed by atoms with Gasteiger partial charge in [0, 0.05) is 36.2 Å². The van der Waals surface area contributed by atoms with Crippen LogP contribution in [0.1, 0.15) is 25.7 Å². The van der Waals surface area contributed by atoms with Gasteiger partial charge in [-0.25, -0.2) is 22.8 Å². The number of hydrogen-bond acceptors (Lipinski definition) is 4. The van der Waals surface area contributed by atoms with Crippen molar-refractivity contribution in [2.24, 2.45) is 5.92 Å². The van der Waals surface area contributed by atoms with Gasteiger partial charge >= 0.3 is 0 Å². The van der Waals surface area contributed by atoms with E-state index >= 15 is 0 Å². The van der Waals surface area contributed by atoms with Gasteiger partial charge in [0.1, 0.15) is 24.0 Å². The maximum atomic E-state index is 13.7. The molecule has 5 rings (SSSR count). The molecule has 1 aromatic heterocycles. The van der Waals surface area contributed by atoms with Crippen molar-refractivity contribution in [3.05, 3.63) is 90.2 Å². The zero-order chi connectivity index (χ0) is 26.6. The number of halogens is 3. The van der Waals surface area contributed by atoms with Crippen LogP contribution in [0, 0.1) is 23.4 Å². The van der Waals surface area contributed by atoms with E-state index in [0.717, 1.165) is 0 Å². The molecule has 0 spiro atoms. The third-order valence-corrected chi connectivity index (χ3v) is 6.60. The number of benzene rings is 3. The van der Waals surface area contributed by atoms with Crippen molar-refractivity contribution in [2.45, 2.75) is 32.2 Å². The molecular weight excluding hydrogens is 493 g/mol. The SMILES string of the molecule is O=C(CC1CCCN(c2cccc(F)c2)C(=O)C1)Cn1nc(-c2ccc(F)cc2)nc1-c1ccc(F)cc1. The molecule has 0 radical (unpaired) electrons. The lowest BCUT2D eigenvalue weighted by Gasteiger charge is -2.21. The number of rotatable bonds is 7. The van der Waals surface area contributed by atoms with Gasteiger partial charge in [0.25, 0.3) is 0 Å². The zero-order valence-corrected chi connectivity index (χ0v) is 20.5. The quantitative estimate of drug-likeness (QED) is 0.309. The van der Waals surface area contributed by atoms with Crippen molar-refractivity contribution in [3.8, 4) is 22.8 Å². The Hall–Kier alpha value is -4.27. The first-order chi connectivity index (χ1) is 18.4. The average molecular weight is 519 g/mol. The lowest BCUT2D eigenvalue weighted by atomic mass is 9.94. The average Bonchev–Trinajstić information content (AvgIpc) is 3.21. The van der Waals surface area contributed by atoms with Gasteiger partial charge in [-0.2, -0.15) is 0 Å². The maximum Gasteiger partial charge on any atom is 0.227 e. The summed E-state index contributed by atoms with van der Waals surface area (Å²) in [5.74, 6) is -0.924. The smallest absolute Gasteiger partial charge is 0.227 e. The molecule has 4 aromatic rings. The number of hydrogen-bond donors (Lipinski definition) is 0. The second kappa shape index (κ2) is 11.0. The Morgan fingerprint density at radius 3 is 2.26 bits per heavy atom. The molecule has 1 fully saturated rings. The minimum absolute atomic E-state index is 0.0841. The van der Waals surface area contributed by atoms with Crippen LogP contribution in [-0.2, 0) is 16.1 Å². The fraction of sp³-hybridized carbons (Fsp3) is 0.241. The third kappa shape index (κ3) is 5.82. The molecule has 1 aliphatic rings. The van der Waals surface area contributed by atoms with E-state index < -0.39 is 17.5 Å². The number of anilines is 1. The van der Waals surface area contributed by atoms with Gasteiger partial charge in [-0.05, 0) is 85.5 Å². The van der Waals surface area contributed by atoms with Crippen molar-refractivity contribution in [1.29, 1.82) is 0 Å². The topological polar surface area (TPSA) is 68.1 Å². The largest absolute Gasteiger partial charge is 0.312 e. The molecular formula is C29H25F3N4O2. The monoisotopic (exact) mass is 518 g/mol. The van der Waals surface area contributed by atoms with E-state index in [1.165, 1.54) is 41.1 Å². The molecule has 1 unspecified atom stereocenters. The summed E-state index contributed by atoms with van der Waals surface area (Å²) in [4.78, 5) is 32.2. The van der Waals surface area contributed by atoms with E-state index in [-0.39, 0.29) is 37.0 Å². The van der Waals surface area contributed by atoms with Crippen molar-refractivity contribution in [2.75, 3.05) is 11.4 Å². The van der Waals surface area contributed by atoms with E-state index in [1.54, 1.807) is 41.3 Å². The molecule has 0 N–H and O–H groups in total. The van der Waals surface area contributed by atoms with E-state index in [1.807, 2.05) is 0 Å². The molecule has 2 heterocycles. The van der Waals surface area contributed by atoms with E-state index in [4.69, 9.17) is 0 Å². The van der Waals surface area contributed by atoms with Crippen LogP contribution in [-0.4, -0.2) is 33.0 Å². The molecule has 1 aliphatic heterocycles. The second-order valence-electron chi connectivity index (χ2n) is 9.41. The van der Waals surface area contributed by atoms with Gasteiger partial charge in [-0.3, -0.25) is 9.59 Å². The zero-order valence-electron chi connectivity index (χ0n) is 20.5. The lowest BCUT2D eigenvalue weighted by Crippen LogP contribution is -2.30. The van der Waals surface area contributed by atoms with Gasteiger partial charge in [0.2, 0.25) is 5.91 Å². The van der Waals surface area contributed by atoms with Crippen LogP contribution < -0.4 is 4.90 Å². The van der Waals surface area contributed by atoms with Crippen molar-refractivity contribution < 1.29 is 22.8 Å². The number of nitrogens with zero attached hydrogens (tertiary/aromatic N) is 4. The lowest BCUT2D eigenvalue weighted by molar-refractivity contribution is -0.121. The second-order valence-corrected chi connectivity index (χ2v) is 9.41. The highest BCUT2D eigenvalue weighted by molar-refractivity contribution is 5.94. The Morgan fingerprint density at radius 1 is 0.895 bits per heavy atom. The maximum absolute atomic E-state index is 13.7. The number of carbonyl (C=O) groups excluding carboxylic acids is 2. The number of carbonyl (C=O) groups is 2. The van der Waals surface area contributed by atoms with Crippen LogP contribution >= 0.6 is 0 Å². The molecule has 3 aromatic carbocycles. The standard InChI is InChI=1S/C29H25F3N4O2/c30-22-10-6-20(7-11-22)28-33-29(21-8-12-23(31)13-9-21)36(34-28)18-26(37)15-19-3-2-14-35(27(38)16-19)25-5-1-4-24(32)17-25/h1,4-13,17,19H,2-3,14-16,18H2. The molecule has 0 aliphatic carbocycles. The predicted octanol–water partition coefficient (Wildman–Crippen LogP) is 5.82. The number of amides is 1. The predicted molar refractivity (Wildman–Crippen MR) is 137 cm³/mol. The number of aromatic nitrogens is 3. The van der Waals surface area contributed by atoms with Crippen molar-refractivity contribution >= 4 is 17.4 Å². The van der Waals surface area contributed by atoms with E-state index in [9.17, 15) is 22.8 Å². The Labute approximate surface area is 217 Å². The first-order valence-corrected chi connectivity index (χ1v) is 12.4. The highest BCUT2D eigenvalue weighted by atomic mass is 19.1.